The molecule has 3 N–H and O–H groups in total. The van der Waals surface area contributed by atoms with Gasteiger partial charge in [-0.3, -0.25) is 24.7 Å². The van der Waals surface area contributed by atoms with Crippen molar-refractivity contribution in [2.75, 3.05) is 39.3 Å². The van der Waals surface area contributed by atoms with E-state index in [9.17, 15) is 14.4 Å². The van der Waals surface area contributed by atoms with E-state index in [2.05, 4.69) is 10.6 Å². The van der Waals surface area contributed by atoms with Crippen LogP contribution >= 0.6 is 0 Å². The maximum absolute atomic E-state index is 11.6. The summed E-state index contributed by atoms with van der Waals surface area (Å²) in [6, 6.07) is -0.517. The summed E-state index contributed by atoms with van der Waals surface area (Å²) in [5, 5.41) is 13.5. The number of rotatable bonds is 5. The summed E-state index contributed by atoms with van der Waals surface area (Å²) >= 11 is 0. The van der Waals surface area contributed by atoms with Crippen LogP contribution in [0.15, 0.2) is 0 Å². The lowest BCUT2D eigenvalue weighted by molar-refractivity contribution is -0.139. The van der Waals surface area contributed by atoms with Gasteiger partial charge >= 0.3 is 12.0 Å². The van der Waals surface area contributed by atoms with Crippen molar-refractivity contribution in [1.29, 1.82) is 0 Å². The van der Waals surface area contributed by atoms with Gasteiger partial charge in [0.1, 0.15) is 0 Å². The molecule has 0 bridgehead atoms. The molecule has 3 amide bonds. The van der Waals surface area contributed by atoms with E-state index in [4.69, 9.17) is 5.11 Å². The van der Waals surface area contributed by atoms with Crippen molar-refractivity contribution in [2.24, 2.45) is 0 Å². The first kappa shape index (κ1) is 16.4. The zero-order valence-electron chi connectivity index (χ0n) is 11.9. The maximum atomic E-state index is 11.6. The fourth-order valence-electron chi connectivity index (χ4n) is 1.96. The Morgan fingerprint density at radius 1 is 1.05 bits per heavy atom. The number of carbonyl (C=O) groups is 3. The molecule has 1 rings (SSSR count). The van der Waals surface area contributed by atoms with Crippen molar-refractivity contribution < 1.29 is 19.5 Å². The molecule has 0 atom stereocenters. The number of carboxylic acids is 1. The third kappa shape index (κ3) is 6.48. The van der Waals surface area contributed by atoms with Crippen molar-refractivity contribution in [3.8, 4) is 0 Å². The second-order valence-corrected chi connectivity index (χ2v) is 5.12. The first-order valence-electron chi connectivity index (χ1n) is 6.63. The van der Waals surface area contributed by atoms with Crippen molar-refractivity contribution in [2.45, 2.75) is 19.9 Å². The molecule has 0 saturated carbocycles. The highest BCUT2D eigenvalue weighted by Crippen LogP contribution is 2.00. The van der Waals surface area contributed by atoms with Crippen LogP contribution in [-0.2, 0) is 9.59 Å². The molecule has 8 nitrogen and oxygen atoms in total. The number of imide groups is 1. The van der Waals surface area contributed by atoms with E-state index >= 15 is 0 Å². The monoisotopic (exact) mass is 286 g/mol. The SMILES string of the molecule is CC(C)NC(=O)NC(=O)CN1CCN(CC(=O)O)CC1. The molecule has 0 aliphatic carbocycles. The first-order chi connectivity index (χ1) is 9.36. The number of nitrogens with one attached hydrogen (secondary N) is 2. The second kappa shape index (κ2) is 7.81. The topological polar surface area (TPSA) is 102 Å². The van der Waals surface area contributed by atoms with Gasteiger partial charge in [0.15, 0.2) is 0 Å². The van der Waals surface area contributed by atoms with Gasteiger partial charge in [0.25, 0.3) is 0 Å². The Morgan fingerprint density at radius 2 is 1.55 bits per heavy atom. The molecule has 0 spiro atoms. The normalized spacial score (nSPS) is 16.9. The summed E-state index contributed by atoms with van der Waals surface area (Å²) in [4.78, 5) is 37.3. The van der Waals surface area contributed by atoms with Crippen LogP contribution in [0.2, 0.25) is 0 Å². The van der Waals surface area contributed by atoms with Crippen molar-refractivity contribution in [1.82, 2.24) is 20.4 Å². The lowest BCUT2D eigenvalue weighted by Gasteiger charge is -2.33. The quantitative estimate of drug-likeness (QED) is 0.594. The van der Waals surface area contributed by atoms with Crippen LogP contribution in [0.1, 0.15) is 13.8 Å². The third-order valence-corrected chi connectivity index (χ3v) is 2.86. The van der Waals surface area contributed by atoms with Crippen LogP contribution in [0.25, 0.3) is 0 Å². The number of piperazine rings is 1. The van der Waals surface area contributed by atoms with E-state index < -0.39 is 12.0 Å². The van der Waals surface area contributed by atoms with Crippen molar-refractivity contribution in [3.05, 3.63) is 0 Å². The predicted octanol–water partition coefficient (Wildman–Crippen LogP) is -1.08. The van der Waals surface area contributed by atoms with Gasteiger partial charge in [0, 0.05) is 32.2 Å². The highest BCUT2D eigenvalue weighted by atomic mass is 16.4. The van der Waals surface area contributed by atoms with E-state index in [1.807, 2.05) is 23.6 Å². The number of carbonyl (C=O) groups excluding carboxylic acids is 2. The first-order valence-corrected chi connectivity index (χ1v) is 6.63. The van der Waals surface area contributed by atoms with E-state index in [1.165, 1.54) is 0 Å². The van der Waals surface area contributed by atoms with E-state index in [0.29, 0.717) is 26.2 Å². The van der Waals surface area contributed by atoms with Gasteiger partial charge in [0.05, 0.1) is 13.1 Å². The molecule has 0 aromatic heterocycles. The Labute approximate surface area is 118 Å². The van der Waals surface area contributed by atoms with Gasteiger partial charge in [-0.2, -0.15) is 0 Å². The number of hydrogen-bond donors (Lipinski definition) is 3. The minimum absolute atomic E-state index is 0.0246. The summed E-state index contributed by atoms with van der Waals surface area (Å²) in [5.41, 5.74) is 0. The molecule has 1 fully saturated rings. The lowest BCUT2D eigenvalue weighted by atomic mass is 10.3. The Balaban J connectivity index is 2.24. The van der Waals surface area contributed by atoms with Gasteiger partial charge < -0.3 is 10.4 Å². The fourth-order valence-corrected chi connectivity index (χ4v) is 1.96. The molecular formula is C12H22N4O4. The molecule has 1 saturated heterocycles. The highest BCUT2D eigenvalue weighted by molar-refractivity contribution is 5.95. The van der Waals surface area contributed by atoms with Gasteiger partial charge in [-0.15, -0.1) is 0 Å². The lowest BCUT2D eigenvalue weighted by Crippen LogP contribution is -2.52. The Kier molecular flexibility index (Phi) is 6.40. The average Bonchev–Trinajstić information content (AvgIpc) is 2.29. The molecule has 1 aliphatic rings. The van der Waals surface area contributed by atoms with E-state index in [1.54, 1.807) is 0 Å². The van der Waals surface area contributed by atoms with Gasteiger partial charge in [-0.25, -0.2) is 4.79 Å². The predicted molar refractivity (Wildman–Crippen MR) is 72.3 cm³/mol. The number of aliphatic carboxylic acids is 1. The number of urea groups is 1. The van der Waals surface area contributed by atoms with Crippen LogP contribution in [-0.4, -0.2) is 78.1 Å². The Morgan fingerprint density at radius 3 is 2.00 bits per heavy atom. The molecule has 114 valence electrons. The molecule has 8 heteroatoms. The summed E-state index contributed by atoms with van der Waals surface area (Å²) < 4.78 is 0. The summed E-state index contributed by atoms with van der Waals surface area (Å²) in [5.74, 6) is -1.20. The van der Waals surface area contributed by atoms with Gasteiger partial charge in [-0.1, -0.05) is 0 Å². The minimum atomic E-state index is -0.846. The third-order valence-electron chi connectivity index (χ3n) is 2.86. The molecule has 1 aliphatic heterocycles. The molecule has 1 heterocycles. The number of carboxylic acid groups (broad SMARTS) is 1. The zero-order valence-corrected chi connectivity index (χ0v) is 11.9. The minimum Gasteiger partial charge on any atom is -0.480 e. The van der Waals surface area contributed by atoms with Crippen LogP contribution in [0.5, 0.6) is 0 Å². The molecular weight excluding hydrogens is 264 g/mol. The van der Waals surface area contributed by atoms with Crippen LogP contribution in [0.3, 0.4) is 0 Å². The average molecular weight is 286 g/mol. The zero-order chi connectivity index (χ0) is 15.1. The summed E-state index contributed by atoms with van der Waals surface area (Å²) in [7, 11) is 0. The standard InChI is InChI=1S/C12H22N4O4/c1-9(2)13-12(20)14-10(17)7-15-3-5-16(6-4-15)8-11(18)19/h9H,3-8H2,1-2H3,(H,18,19)(H2,13,14,17,20). The molecule has 20 heavy (non-hydrogen) atoms. The van der Waals surface area contributed by atoms with Crippen LogP contribution in [0.4, 0.5) is 4.79 Å². The Hall–Kier alpha value is -1.67. The smallest absolute Gasteiger partial charge is 0.321 e. The van der Waals surface area contributed by atoms with Crippen molar-refractivity contribution in [3.63, 3.8) is 0 Å². The largest absolute Gasteiger partial charge is 0.480 e. The van der Waals surface area contributed by atoms with Gasteiger partial charge in [-0.05, 0) is 13.8 Å². The highest BCUT2D eigenvalue weighted by Gasteiger charge is 2.20. The number of hydrogen-bond acceptors (Lipinski definition) is 5. The summed E-state index contributed by atoms with van der Waals surface area (Å²) in [6.07, 6.45) is 0. The van der Waals surface area contributed by atoms with Crippen LogP contribution < -0.4 is 10.6 Å². The fraction of sp³-hybridized carbons (Fsp3) is 0.750. The van der Waals surface area contributed by atoms with E-state index in [-0.39, 0.29) is 25.0 Å². The number of amides is 3. The molecule has 0 unspecified atom stereocenters. The molecule has 0 aromatic carbocycles. The number of nitrogens with zero attached hydrogens (tertiary/aromatic N) is 2. The second-order valence-electron chi connectivity index (χ2n) is 5.12. The van der Waals surface area contributed by atoms with Gasteiger partial charge in [0.2, 0.25) is 5.91 Å². The Bertz CT molecular complexity index is 364. The molecule has 0 radical (unpaired) electrons. The maximum Gasteiger partial charge on any atom is 0.321 e. The summed E-state index contributed by atoms with van der Waals surface area (Å²) in [6.45, 7) is 6.25. The molecule has 0 aromatic rings. The van der Waals surface area contributed by atoms with Crippen LogP contribution in [0, 0.1) is 0 Å². The van der Waals surface area contributed by atoms with E-state index in [0.717, 1.165) is 0 Å². The van der Waals surface area contributed by atoms with Crippen molar-refractivity contribution >= 4 is 17.9 Å².